The molecule has 0 bridgehead atoms. The van der Waals surface area contributed by atoms with Gasteiger partial charge in [-0.3, -0.25) is 4.79 Å². The summed E-state index contributed by atoms with van der Waals surface area (Å²) >= 11 is 0. The molecule has 0 aliphatic carbocycles. The van der Waals surface area contributed by atoms with Gasteiger partial charge in [0.1, 0.15) is 9.84 Å². The third kappa shape index (κ3) is 3.88. The van der Waals surface area contributed by atoms with Crippen molar-refractivity contribution in [2.45, 2.75) is 19.1 Å². The van der Waals surface area contributed by atoms with Gasteiger partial charge in [-0.15, -0.1) is 0 Å². The number of halogens is 3. The lowest BCUT2D eigenvalue weighted by Crippen LogP contribution is -2.21. The van der Waals surface area contributed by atoms with Crippen LogP contribution in [0.15, 0.2) is 35.3 Å². The van der Waals surface area contributed by atoms with Crippen LogP contribution in [0.4, 0.5) is 13.2 Å². The minimum Gasteiger partial charge on any atom is -0.315 e. The zero-order valence-electron chi connectivity index (χ0n) is 11.7. The number of fused-ring (bicyclic) bond motifs is 1. The maximum absolute atomic E-state index is 12.6. The molecule has 0 unspecified atom stereocenters. The molecule has 2 rings (SSSR count). The van der Waals surface area contributed by atoms with E-state index in [9.17, 15) is 26.4 Å². The fourth-order valence-electron chi connectivity index (χ4n) is 2.14. The molecule has 120 valence electrons. The summed E-state index contributed by atoms with van der Waals surface area (Å²) in [5, 5.41) is 0.383. The first-order chi connectivity index (χ1) is 10.1. The lowest BCUT2D eigenvalue weighted by Gasteiger charge is -2.10. The Kier molecular flexibility index (Phi) is 4.32. The molecule has 0 saturated carbocycles. The number of sulfone groups is 1. The van der Waals surface area contributed by atoms with Gasteiger partial charge in [0.15, 0.2) is 0 Å². The van der Waals surface area contributed by atoms with Gasteiger partial charge in [0.05, 0.1) is 11.3 Å². The van der Waals surface area contributed by atoms with Crippen molar-refractivity contribution >= 4 is 20.6 Å². The molecule has 8 heteroatoms. The lowest BCUT2D eigenvalue weighted by atomic mass is 10.1. The van der Waals surface area contributed by atoms with Crippen LogP contribution in [0.2, 0.25) is 0 Å². The Balaban J connectivity index is 2.33. The first-order valence-electron chi connectivity index (χ1n) is 6.46. The van der Waals surface area contributed by atoms with Crippen LogP contribution in [0.3, 0.4) is 0 Å². The SMILES string of the molecule is CS(=O)(=O)CCCn1ccc2cc(C(F)(F)F)ccc2c1=O. The van der Waals surface area contributed by atoms with Crippen LogP contribution >= 0.6 is 0 Å². The number of nitrogens with zero attached hydrogens (tertiary/aromatic N) is 1. The van der Waals surface area contributed by atoms with Crippen LogP contribution in [-0.2, 0) is 22.6 Å². The highest BCUT2D eigenvalue weighted by molar-refractivity contribution is 7.90. The Bertz CT molecular complexity index is 854. The Morgan fingerprint density at radius 2 is 1.86 bits per heavy atom. The molecule has 0 amide bonds. The largest absolute Gasteiger partial charge is 0.416 e. The minimum atomic E-state index is -4.46. The summed E-state index contributed by atoms with van der Waals surface area (Å²) < 4.78 is 61.3. The maximum atomic E-state index is 12.6. The van der Waals surface area contributed by atoms with Gasteiger partial charge in [-0.05, 0) is 36.1 Å². The second-order valence-corrected chi connectivity index (χ2v) is 7.36. The van der Waals surface area contributed by atoms with Crippen molar-refractivity contribution < 1.29 is 21.6 Å². The molecule has 1 heterocycles. The molecule has 1 aromatic carbocycles. The molecule has 1 aromatic heterocycles. The summed E-state index contributed by atoms with van der Waals surface area (Å²) in [4.78, 5) is 12.2. The van der Waals surface area contributed by atoms with Crippen LogP contribution in [0.1, 0.15) is 12.0 Å². The van der Waals surface area contributed by atoms with E-state index in [2.05, 4.69) is 0 Å². The van der Waals surface area contributed by atoms with Crippen molar-refractivity contribution in [3.63, 3.8) is 0 Å². The summed E-state index contributed by atoms with van der Waals surface area (Å²) in [6, 6.07) is 4.36. The molecule has 0 aliphatic rings. The molecule has 4 nitrogen and oxygen atoms in total. The Hall–Kier alpha value is -1.83. The van der Waals surface area contributed by atoms with E-state index in [-0.39, 0.29) is 29.5 Å². The maximum Gasteiger partial charge on any atom is 0.416 e. The number of aromatic nitrogens is 1. The third-order valence-corrected chi connectivity index (χ3v) is 4.25. The molecule has 22 heavy (non-hydrogen) atoms. The number of hydrogen-bond donors (Lipinski definition) is 0. The average Bonchev–Trinajstić information content (AvgIpc) is 2.38. The van der Waals surface area contributed by atoms with Gasteiger partial charge in [-0.25, -0.2) is 8.42 Å². The minimum absolute atomic E-state index is 0.0511. The number of benzene rings is 1. The molecule has 2 aromatic rings. The highest BCUT2D eigenvalue weighted by atomic mass is 32.2. The van der Waals surface area contributed by atoms with E-state index in [4.69, 9.17) is 0 Å². The topological polar surface area (TPSA) is 56.1 Å². The second kappa shape index (κ2) is 5.75. The van der Waals surface area contributed by atoms with E-state index in [1.165, 1.54) is 16.8 Å². The van der Waals surface area contributed by atoms with Gasteiger partial charge in [0, 0.05) is 24.4 Å². The molecule has 0 radical (unpaired) electrons. The van der Waals surface area contributed by atoms with Crippen molar-refractivity contribution in [2.75, 3.05) is 12.0 Å². The van der Waals surface area contributed by atoms with Gasteiger partial charge in [0.25, 0.3) is 5.56 Å². The molecular weight excluding hydrogens is 319 g/mol. The van der Waals surface area contributed by atoms with Crippen molar-refractivity contribution in [1.29, 1.82) is 0 Å². The lowest BCUT2D eigenvalue weighted by molar-refractivity contribution is -0.137. The summed E-state index contributed by atoms with van der Waals surface area (Å²) in [5.74, 6) is -0.0511. The zero-order valence-corrected chi connectivity index (χ0v) is 12.5. The van der Waals surface area contributed by atoms with E-state index in [0.717, 1.165) is 24.5 Å². The fraction of sp³-hybridized carbons (Fsp3) is 0.357. The van der Waals surface area contributed by atoms with Crippen molar-refractivity contribution in [3.05, 3.63) is 46.4 Å². The number of rotatable bonds is 4. The molecule has 0 spiro atoms. The van der Waals surface area contributed by atoms with Gasteiger partial charge in [-0.1, -0.05) is 0 Å². The van der Waals surface area contributed by atoms with Gasteiger partial charge in [-0.2, -0.15) is 13.2 Å². The Morgan fingerprint density at radius 1 is 1.18 bits per heavy atom. The van der Waals surface area contributed by atoms with Crippen LogP contribution in [-0.4, -0.2) is 25.0 Å². The predicted molar refractivity (Wildman–Crippen MR) is 77.5 cm³/mol. The van der Waals surface area contributed by atoms with Crippen molar-refractivity contribution in [2.24, 2.45) is 0 Å². The van der Waals surface area contributed by atoms with Gasteiger partial charge in [0.2, 0.25) is 0 Å². The smallest absolute Gasteiger partial charge is 0.315 e. The number of alkyl halides is 3. The Labute approximate surface area is 125 Å². The summed E-state index contributed by atoms with van der Waals surface area (Å²) in [6.45, 7) is 0.197. The van der Waals surface area contributed by atoms with E-state index in [1.807, 2.05) is 0 Å². The van der Waals surface area contributed by atoms with E-state index in [0.29, 0.717) is 0 Å². The second-order valence-electron chi connectivity index (χ2n) is 5.10. The number of hydrogen-bond acceptors (Lipinski definition) is 3. The van der Waals surface area contributed by atoms with Crippen molar-refractivity contribution in [1.82, 2.24) is 4.57 Å². The quantitative estimate of drug-likeness (QED) is 0.864. The summed E-state index contributed by atoms with van der Waals surface area (Å²) in [7, 11) is -3.11. The summed E-state index contributed by atoms with van der Waals surface area (Å²) in [5.41, 5.74) is -1.24. The highest BCUT2D eigenvalue weighted by Crippen LogP contribution is 2.30. The van der Waals surface area contributed by atoms with E-state index < -0.39 is 27.1 Å². The molecule has 0 aliphatic heterocycles. The molecule has 0 N–H and O–H groups in total. The standard InChI is InChI=1S/C14H14F3NO3S/c1-22(20,21)8-2-6-18-7-5-10-9-11(14(15,16)17)3-4-12(10)13(18)19/h3-5,7,9H,2,6,8H2,1H3. The van der Waals surface area contributed by atoms with E-state index in [1.54, 1.807) is 0 Å². The first-order valence-corrected chi connectivity index (χ1v) is 8.52. The normalized spacial score (nSPS) is 12.7. The molecule has 0 atom stereocenters. The number of aryl methyl sites for hydroxylation is 1. The molecular formula is C14H14F3NO3S. The monoisotopic (exact) mass is 333 g/mol. The van der Waals surface area contributed by atoms with Gasteiger partial charge < -0.3 is 4.57 Å². The van der Waals surface area contributed by atoms with Crippen LogP contribution in [0.25, 0.3) is 10.8 Å². The first kappa shape index (κ1) is 16.5. The van der Waals surface area contributed by atoms with Crippen molar-refractivity contribution in [3.8, 4) is 0 Å². The number of pyridine rings is 1. The van der Waals surface area contributed by atoms with E-state index >= 15 is 0 Å². The van der Waals surface area contributed by atoms with Gasteiger partial charge >= 0.3 is 6.18 Å². The molecule has 0 fully saturated rings. The third-order valence-electron chi connectivity index (χ3n) is 3.22. The average molecular weight is 333 g/mol. The van der Waals surface area contributed by atoms with Crippen LogP contribution in [0.5, 0.6) is 0 Å². The predicted octanol–water partition coefficient (Wildman–Crippen LogP) is 2.46. The zero-order chi connectivity index (χ0) is 16.5. The Morgan fingerprint density at radius 3 is 2.45 bits per heavy atom. The van der Waals surface area contributed by atoms with Crippen LogP contribution in [0, 0.1) is 0 Å². The molecule has 0 saturated heterocycles. The fourth-order valence-corrected chi connectivity index (χ4v) is 2.79. The highest BCUT2D eigenvalue weighted by Gasteiger charge is 2.30. The summed E-state index contributed by atoms with van der Waals surface area (Å²) in [6.07, 6.45) is -1.70. The van der Waals surface area contributed by atoms with Crippen LogP contribution < -0.4 is 5.56 Å².